The minimum absolute atomic E-state index is 0.0743. The van der Waals surface area contributed by atoms with Gasteiger partial charge in [-0.2, -0.15) is 0 Å². The molecular weight excluding hydrogens is 284 g/mol. The van der Waals surface area contributed by atoms with Gasteiger partial charge < -0.3 is 5.32 Å². The number of rotatable bonds is 2. The SMILES string of the molecule is CCC(Br)C(=O)N1CC(=O)Nc2ccccc21. The highest BCUT2D eigenvalue weighted by Gasteiger charge is 2.29. The monoisotopic (exact) mass is 296 g/mol. The van der Waals surface area contributed by atoms with Crippen LogP contribution in [0.2, 0.25) is 0 Å². The average Bonchev–Trinajstić information content (AvgIpc) is 2.35. The van der Waals surface area contributed by atoms with Crippen molar-refractivity contribution in [2.24, 2.45) is 0 Å². The number of benzene rings is 1. The van der Waals surface area contributed by atoms with E-state index in [0.717, 1.165) is 5.69 Å². The van der Waals surface area contributed by atoms with Gasteiger partial charge in [0.05, 0.1) is 16.2 Å². The molecule has 1 aliphatic heterocycles. The number of amides is 2. The van der Waals surface area contributed by atoms with Gasteiger partial charge in [0, 0.05) is 0 Å². The summed E-state index contributed by atoms with van der Waals surface area (Å²) in [4.78, 5) is 24.9. The van der Waals surface area contributed by atoms with Crippen molar-refractivity contribution in [2.45, 2.75) is 18.2 Å². The molecule has 1 unspecified atom stereocenters. The number of anilines is 2. The van der Waals surface area contributed by atoms with Crippen LogP contribution in [0.1, 0.15) is 13.3 Å². The molecule has 0 saturated carbocycles. The molecule has 1 aromatic carbocycles. The largest absolute Gasteiger partial charge is 0.323 e. The minimum Gasteiger partial charge on any atom is -0.323 e. The zero-order chi connectivity index (χ0) is 12.4. The highest BCUT2D eigenvalue weighted by Crippen LogP contribution is 2.30. The molecule has 0 bridgehead atoms. The van der Waals surface area contributed by atoms with E-state index in [9.17, 15) is 9.59 Å². The molecule has 90 valence electrons. The van der Waals surface area contributed by atoms with Gasteiger partial charge in [0.1, 0.15) is 6.54 Å². The summed E-state index contributed by atoms with van der Waals surface area (Å²) in [6.07, 6.45) is 0.694. The van der Waals surface area contributed by atoms with Crippen molar-refractivity contribution in [3.63, 3.8) is 0 Å². The Hall–Kier alpha value is -1.36. The van der Waals surface area contributed by atoms with Gasteiger partial charge >= 0.3 is 0 Å². The second kappa shape index (κ2) is 4.87. The Morgan fingerprint density at radius 1 is 1.53 bits per heavy atom. The zero-order valence-corrected chi connectivity index (χ0v) is 11.0. The fourth-order valence-electron chi connectivity index (χ4n) is 1.77. The van der Waals surface area contributed by atoms with Crippen LogP contribution >= 0.6 is 15.9 Å². The van der Waals surface area contributed by atoms with Crippen molar-refractivity contribution in [3.8, 4) is 0 Å². The first-order valence-corrected chi connectivity index (χ1v) is 6.39. The van der Waals surface area contributed by atoms with Crippen LogP contribution in [0.4, 0.5) is 11.4 Å². The predicted molar refractivity (Wildman–Crippen MR) is 70.4 cm³/mol. The van der Waals surface area contributed by atoms with Crippen molar-refractivity contribution in [2.75, 3.05) is 16.8 Å². The molecule has 1 aromatic rings. The van der Waals surface area contributed by atoms with Crippen LogP contribution in [0, 0.1) is 0 Å². The first kappa shape index (κ1) is 12.1. The Kier molecular flexibility index (Phi) is 3.47. The van der Waals surface area contributed by atoms with E-state index in [-0.39, 0.29) is 23.2 Å². The molecule has 0 saturated heterocycles. The quantitative estimate of drug-likeness (QED) is 0.850. The second-order valence-corrected chi connectivity index (χ2v) is 4.97. The topological polar surface area (TPSA) is 49.4 Å². The molecule has 0 aromatic heterocycles. The number of alkyl halides is 1. The maximum Gasteiger partial charge on any atom is 0.244 e. The van der Waals surface area contributed by atoms with Gasteiger partial charge in [0.25, 0.3) is 0 Å². The lowest BCUT2D eigenvalue weighted by Crippen LogP contribution is -2.45. The first-order chi connectivity index (χ1) is 8.13. The summed E-state index contributed by atoms with van der Waals surface area (Å²) in [5.74, 6) is -0.234. The van der Waals surface area contributed by atoms with Crippen LogP contribution in [0.25, 0.3) is 0 Å². The maximum atomic E-state index is 12.1. The molecule has 0 spiro atoms. The van der Waals surface area contributed by atoms with E-state index in [4.69, 9.17) is 0 Å². The maximum absolute atomic E-state index is 12.1. The highest BCUT2D eigenvalue weighted by molar-refractivity contribution is 9.10. The van der Waals surface area contributed by atoms with Crippen LogP contribution in [-0.2, 0) is 9.59 Å². The van der Waals surface area contributed by atoms with E-state index in [1.165, 1.54) is 4.90 Å². The molecule has 1 aliphatic rings. The average molecular weight is 297 g/mol. The van der Waals surface area contributed by atoms with Crippen LogP contribution in [0.15, 0.2) is 24.3 Å². The molecule has 1 N–H and O–H groups in total. The lowest BCUT2D eigenvalue weighted by molar-refractivity contribution is -0.121. The second-order valence-electron chi connectivity index (χ2n) is 3.87. The lowest BCUT2D eigenvalue weighted by Gasteiger charge is -2.30. The number of carbonyl (C=O) groups is 2. The molecule has 4 nitrogen and oxygen atoms in total. The van der Waals surface area contributed by atoms with Gasteiger partial charge in [-0.05, 0) is 18.6 Å². The Morgan fingerprint density at radius 3 is 2.94 bits per heavy atom. The van der Waals surface area contributed by atoms with Gasteiger partial charge in [0.2, 0.25) is 11.8 Å². The lowest BCUT2D eigenvalue weighted by atomic mass is 10.1. The molecule has 1 heterocycles. The third-order valence-electron chi connectivity index (χ3n) is 2.66. The van der Waals surface area contributed by atoms with Crippen molar-refractivity contribution in [1.82, 2.24) is 0 Å². The third kappa shape index (κ3) is 2.34. The fraction of sp³-hybridized carbons (Fsp3) is 0.333. The molecule has 17 heavy (non-hydrogen) atoms. The third-order valence-corrected chi connectivity index (χ3v) is 3.70. The number of hydrogen-bond donors (Lipinski definition) is 1. The van der Waals surface area contributed by atoms with Gasteiger partial charge in [-0.25, -0.2) is 0 Å². The summed E-state index contributed by atoms with van der Waals surface area (Å²) in [5.41, 5.74) is 1.45. The van der Waals surface area contributed by atoms with E-state index in [1.54, 1.807) is 6.07 Å². The van der Waals surface area contributed by atoms with E-state index < -0.39 is 0 Å². The summed E-state index contributed by atoms with van der Waals surface area (Å²) in [5, 5.41) is 2.75. The number of nitrogens with one attached hydrogen (secondary N) is 1. The molecule has 0 fully saturated rings. The number of para-hydroxylation sites is 2. The number of nitrogens with zero attached hydrogens (tertiary/aromatic N) is 1. The molecule has 0 radical (unpaired) electrons. The van der Waals surface area contributed by atoms with Gasteiger partial charge in [-0.15, -0.1) is 0 Å². The number of fused-ring (bicyclic) bond motifs is 1. The predicted octanol–water partition coefficient (Wildman–Crippen LogP) is 2.15. The van der Waals surface area contributed by atoms with Crippen molar-refractivity contribution in [1.29, 1.82) is 0 Å². The summed E-state index contributed by atoms with van der Waals surface area (Å²) in [6, 6.07) is 7.31. The number of carbonyl (C=O) groups excluding carboxylic acids is 2. The Morgan fingerprint density at radius 2 is 2.24 bits per heavy atom. The molecule has 2 rings (SSSR count). The van der Waals surface area contributed by atoms with Crippen molar-refractivity contribution in [3.05, 3.63) is 24.3 Å². The molecule has 1 atom stereocenters. The Balaban J connectivity index is 2.36. The smallest absolute Gasteiger partial charge is 0.244 e. The van der Waals surface area contributed by atoms with Crippen LogP contribution in [0.3, 0.4) is 0 Å². The molecule has 0 aliphatic carbocycles. The van der Waals surface area contributed by atoms with E-state index >= 15 is 0 Å². The van der Waals surface area contributed by atoms with Crippen LogP contribution in [0.5, 0.6) is 0 Å². The van der Waals surface area contributed by atoms with E-state index in [1.807, 2.05) is 25.1 Å². The normalized spacial score (nSPS) is 16.1. The van der Waals surface area contributed by atoms with E-state index in [2.05, 4.69) is 21.2 Å². The highest BCUT2D eigenvalue weighted by atomic mass is 79.9. The molecular formula is C12H13BrN2O2. The van der Waals surface area contributed by atoms with E-state index in [0.29, 0.717) is 12.1 Å². The van der Waals surface area contributed by atoms with Crippen molar-refractivity contribution < 1.29 is 9.59 Å². The Labute approximate surface area is 108 Å². The standard InChI is InChI=1S/C12H13BrN2O2/c1-2-8(13)12(17)15-7-11(16)14-9-5-3-4-6-10(9)15/h3-6,8H,2,7H2,1H3,(H,14,16). The van der Waals surface area contributed by atoms with Gasteiger partial charge in [-0.3, -0.25) is 14.5 Å². The summed E-state index contributed by atoms with van der Waals surface area (Å²) in [7, 11) is 0. The van der Waals surface area contributed by atoms with Gasteiger partial charge in [0.15, 0.2) is 0 Å². The summed E-state index contributed by atoms with van der Waals surface area (Å²) in [6.45, 7) is 2.01. The minimum atomic E-state index is -0.249. The van der Waals surface area contributed by atoms with Crippen LogP contribution < -0.4 is 10.2 Å². The number of halogens is 1. The van der Waals surface area contributed by atoms with Gasteiger partial charge in [-0.1, -0.05) is 35.0 Å². The first-order valence-electron chi connectivity index (χ1n) is 5.47. The summed E-state index contributed by atoms with van der Waals surface area (Å²) >= 11 is 3.33. The molecule has 2 amide bonds. The zero-order valence-electron chi connectivity index (χ0n) is 9.44. The molecule has 5 heteroatoms. The van der Waals surface area contributed by atoms with Crippen LogP contribution in [-0.4, -0.2) is 23.2 Å². The summed E-state index contributed by atoms with van der Waals surface area (Å²) < 4.78 is 0. The number of hydrogen-bond acceptors (Lipinski definition) is 2. The van der Waals surface area contributed by atoms with Crippen molar-refractivity contribution >= 4 is 39.1 Å². The Bertz CT molecular complexity index is 462. The fourth-order valence-corrected chi connectivity index (χ4v) is 2.02.